The highest BCUT2D eigenvalue weighted by molar-refractivity contribution is 6.44. The van der Waals surface area contributed by atoms with Gasteiger partial charge < -0.3 is 10.6 Å². The molecular weight excluding hydrogens is 338 g/mol. The highest BCUT2D eigenvalue weighted by Gasteiger charge is 2.31. The fourth-order valence-corrected chi connectivity index (χ4v) is 2.77. The van der Waals surface area contributed by atoms with Crippen molar-refractivity contribution >= 4 is 52.1 Å². The molecule has 7 heteroatoms. The summed E-state index contributed by atoms with van der Waals surface area (Å²) in [6.45, 7) is 0. The Balaban J connectivity index is 1.98. The van der Waals surface area contributed by atoms with Crippen molar-refractivity contribution in [2.75, 3.05) is 10.6 Å². The van der Waals surface area contributed by atoms with Crippen molar-refractivity contribution in [1.82, 2.24) is 0 Å². The standard InChI is InChI=1S/C14H8Cl3FN2O/c15-8-4-10(17)12(5-9(8)16)19-13-7-3-6(18)1-2-11(7)20-14(13)21/h1-5,13,19H,(H,20,21). The van der Waals surface area contributed by atoms with E-state index < -0.39 is 11.9 Å². The third-order valence-corrected chi connectivity index (χ3v) is 4.19. The molecule has 2 aromatic carbocycles. The van der Waals surface area contributed by atoms with Gasteiger partial charge in [-0.15, -0.1) is 0 Å². The Kier molecular flexibility index (Phi) is 3.69. The van der Waals surface area contributed by atoms with E-state index in [9.17, 15) is 9.18 Å². The van der Waals surface area contributed by atoms with Crippen molar-refractivity contribution in [3.05, 3.63) is 56.8 Å². The van der Waals surface area contributed by atoms with Crippen LogP contribution in [0.5, 0.6) is 0 Å². The van der Waals surface area contributed by atoms with Crippen LogP contribution in [0.4, 0.5) is 15.8 Å². The van der Waals surface area contributed by atoms with E-state index in [-0.39, 0.29) is 5.91 Å². The summed E-state index contributed by atoms with van der Waals surface area (Å²) in [5, 5.41) is 6.57. The number of hydrogen-bond donors (Lipinski definition) is 2. The largest absolute Gasteiger partial charge is 0.369 e. The molecule has 21 heavy (non-hydrogen) atoms. The van der Waals surface area contributed by atoms with E-state index in [0.29, 0.717) is 32.0 Å². The Labute approximate surface area is 135 Å². The van der Waals surface area contributed by atoms with E-state index in [1.54, 1.807) is 0 Å². The van der Waals surface area contributed by atoms with Gasteiger partial charge in [-0.05, 0) is 30.3 Å². The second-order valence-corrected chi connectivity index (χ2v) is 5.77. The molecule has 0 saturated carbocycles. The minimum absolute atomic E-state index is 0.294. The maximum atomic E-state index is 13.4. The van der Waals surface area contributed by atoms with Crippen molar-refractivity contribution in [2.45, 2.75) is 6.04 Å². The summed E-state index contributed by atoms with van der Waals surface area (Å²) in [5.74, 6) is -0.713. The third-order valence-electron chi connectivity index (χ3n) is 3.15. The molecule has 108 valence electrons. The predicted molar refractivity (Wildman–Crippen MR) is 82.9 cm³/mol. The molecule has 2 aromatic rings. The highest BCUT2D eigenvalue weighted by atomic mass is 35.5. The smallest absolute Gasteiger partial charge is 0.251 e. The first-order chi connectivity index (χ1) is 9.95. The quantitative estimate of drug-likeness (QED) is 0.761. The van der Waals surface area contributed by atoms with Gasteiger partial charge in [-0.25, -0.2) is 4.39 Å². The first-order valence-electron chi connectivity index (χ1n) is 5.97. The average Bonchev–Trinajstić information content (AvgIpc) is 2.72. The van der Waals surface area contributed by atoms with Gasteiger partial charge in [0.1, 0.15) is 11.9 Å². The van der Waals surface area contributed by atoms with Crippen molar-refractivity contribution < 1.29 is 9.18 Å². The minimum atomic E-state index is -0.745. The van der Waals surface area contributed by atoms with E-state index in [1.165, 1.54) is 30.3 Å². The van der Waals surface area contributed by atoms with Crippen LogP contribution in [0.25, 0.3) is 0 Å². The van der Waals surface area contributed by atoms with Gasteiger partial charge in [-0.1, -0.05) is 34.8 Å². The first-order valence-corrected chi connectivity index (χ1v) is 7.10. The maximum Gasteiger partial charge on any atom is 0.251 e. The fourth-order valence-electron chi connectivity index (χ4n) is 2.16. The van der Waals surface area contributed by atoms with Gasteiger partial charge in [0.25, 0.3) is 5.91 Å². The Morgan fingerprint density at radius 2 is 1.76 bits per heavy atom. The molecule has 0 radical (unpaired) electrons. The molecule has 1 atom stereocenters. The predicted octanol–water partition coefficient (Wildman–Crippen LogP) is 4.89. The van der Waals surface area contributed by atoms with Crippen LogP contribution < -0.4 is 10.6 Å². The summed E-state index contributed by atoms with van der Waals surface area (Å²) in [6, 6.07) is 6.36. The van der Waals surface area contributed by atoms with Crippen molar-refractivity contribution in [1.29, 1.82) is 0 Å². The average molecular weight is 346 g/mol. The Hall–Kier alpha value is -1.49. The fraction of sp³-hybridized carbons (Fsp3) is 0.0714. The van der Waals surface area contributed by atoms with Crippen molar-refractivity contribution in [3.63, 3.8) is 0 Å². The van der Waals surface area contributed by atoms with Crippen LogP contribution in [0.3, 0.4) is 0 Å². The van der Waals surface area contributed by atoms with Gasteiger partial charge in [-0.2, -0.15) is 0 Å². The summed E-state index contributed by atoms with van der Waals surface area (Å²) in [6.07, 6.45) is 0. The van der Waals surface area contributed by atoms with E-state index >= 15 is 0 Å². The van der Waals surface area contributed by atoms with E-state index in [1.807, 2.05) is 0 Å². The molecule has 3 rings (SSSR count). The molecule has 0 aliphatic carbocycles. The number of carbonyl (C=O) groups excluding carboxylic acids is 1. The lowest BCUT2D eigenvalue weighted by atomic mass is 10.1. The minimum Gasteiger partial charge on any atom is -0.369 e. The molecule has 0 bridgehead atoms. The molecule has 1 heterocycles. The zero-order chi connectivity index (χ0) is 15.1. The number of fused-ring (bicyclic) bond motifs is 1. The number of hydrogen-bond acceptors (Lipinski definition) is 2. The van der Waals surface area contributed by atoms with Crippen LogP contribution in [0.2, 0.25) is 15.1 Å². The number of nitrogens with one attached hydrogen (secondary N) is 2. The molecule has 0 aromatic heterocycles. The van der Waals surface area contributed by atoms with Gasteiger partial charge >= 0.3 is 0 Å². The molecule has 3 nitrogen and oxygen atoms in total. The second-order valence-electron chi connectivity index (χ2n) is 4.54. The molecule has 1 aliphatic rings. The molecule has 0 spiro atoms. The molecule has 1 unspecified atom stereocenters. The summed E-state index contributed by atoms with van der Waals surface area (Å²) in [5.41, 5.74) is 1.53. The van der Waals surface area contributed by atoms with Crippen LogP contribution in [0.15, 0.2) is 30.3 Å². The van der Waals surface area contributed by atoms with Crippen molar-refractivity contribution in [2.24, 2.45) is 0 Å². The van der Waals surface area contributed by atoms with Gasteiger partial charge in [0.05, 0.1) is 20.8 Å². The monoisotopic (exact) mass is 344 g/mol. The topological polar surface area (TPSA) is 41.1 Å². The summed E-state index contributed by atoms with van der Waals surface area (Å²) in [4.78, 5) is 12.0. The zero-order valence-electron chi connectivity index (χ0n) is 10.4. The molecule has 0 fully saturated rings. The normalized spacial score (nSPS) is 16.6. The highest BCUT2D eigenvalue weighted by Crippen LogP contribution is 2.38. The van der Waals surface area contributed by atoms with E-state index in [0.717, 1.165) is 0 Å². The Morgan fingerprint density at radius 3 is 2.52 bits per heavy atom. The number of halogens is 4. The number of benzene rings is 2. The van der Waals surface area contributed by atoms with Crippen LogP contribution in [0.1, 0.15) is 11.6 Å². The number of carbonyl (C=O) groups is 1. The van der Waals surface area contributed by atoms with Crippen LogP contribution in [0, 0.1) is 5.82 Å². The van der Waals surface area contributed by atoms with Gasteiger partial charge in [0.15, 0.2) is 0 Å². The van der Waals surface area contributed by atoms with Gasteiger partial charge in [0.2, 0.25) is 0 Å². The van der Waals surface area contributed by atoms with Crippen LogP contribution in [-0.4, -0.2) is 5.91 Å². The number of rotatable bonds is 2. The van der Waals surface area contributed by atoms with Crippen LogP contribution >= 0.6 is 34.8 Å². The Bertz CT molecular complexity index is 751. The second kappa shape index (κ2) is 5.37. The van der Waals surface area contributed by atoms with Crippen molar-refractivity contribution in [3.8, 4) is 0 Å². The molecule has 1 amide bonds. The lowest BCUT2D eigenvalue weighted by Gasteiger charge is -2.15. The van der Waals surface area contributed by atoms with Crippen LogP contribution in [-0.2, 0) is 4.79 Å². The summed E-state index contributed by atoms with van der Waals surface area (Å²) >= 11 is 17.9. The third kappa shape index (κ3) is 2.67. The molecular formula is C14H8Cl3FN2O. The molecule has 2 N–H and O–H groups in total. The summed E-state index contributed by atoms with van der Waals surface area (Å²) < 4.78 is 13.4. The summed E-state index contributed by atoms with van der Waals surface area (Å²) in [7, 11) is 0. The van der Waals surface area contributed by atoms with E-state index in [2.05, 4.69) is 10.6 Å². The lowest BCUT2D eigenvalue weighted by Crippen LogP contribution is -2.19. The zero-order valence-corrected chi connectivity index (χ0v) is 12.7. The SMILES string of the molecule is O=C1Nc2ccc(F)cc2C1Nc1cc(Cl)c(Cl)cc1Cl. The van der Waals surface area contributed by atoms with E-state index in [4.69, 9.17) is 34.8 Å². The molecule has 1 aliphatic heterocycles. The number of anilines is 2. The lowest BCUT2D eigenvalue weighted by molar-refractivity contribution is -0.116. The first kappa shape index (κ1) is 14.4. The number of amides is 1. The van der Waals surface area contributed by atoms with Gasteiger partial charge in [-0.3, -0.25) is 4.79 Å². The maximum absolute atomic E-state index is 13.4. The molecule has 0 saturated heterocycles. The van der Waals surface area contributed by atoms with Gasteiger partial charge in [0, 0.05) is 11.3 Å². The Morgan fingerprint density at radius 1 is 1.05 bits per heavy atom.